The van der Waals surface area contributed by atoms with Gasteiger partial charge in [-0.1, -0.05) is 6.92 Å². The molecule has 0 saturated heterocycles. The lowest BCUT2D eigenvalue weighted by Crippen LogP contribution is -2.34. The molecule has 2 N–H and O–H groups in total. The molecule has 90 valence electrons. The molecule has 1 aromatic heterocycles. The highest BCUT2D eigenvalue weighted by atomic mass is 32.2. The zero-order valence-electron chi connectivity index (χ0n) is 9.91. The number of H-pyrrole nitrogens is 1. The van der Waals surface area contributed by atoms with E-state index in [1.165, 1.54) is 0 Å². The van der Waals surface area contributed by atoms with E-state index in [1.807, 2.05) is 13.2 Å². The minimum Gasteiger partial charge on any atom is -0.346 e. The number of nitrogens with zero attached hydrogens (tertiary/aromatic N) is 2. The topological polar surface area (TPSA) is 70.7 Å². The summed E-state index contributed by atoms with van der Waals surface area (Å²) in [6, 6.07) is 0.135. The molecule has 0 radical (unpaired) electrons. The largest absolute Gasteiger partial charge is 0.346 e. The Kier molecular flexibility index (Phi) is 5.31. The molecule has 1 unspecified atom stereocenters. The Hall–Kier alpha value is -1.04. The van der Waals surface area contributed by atoms with E-state index in [2.05, 4.69) is 27.4 Å². The maximum absolute atomic E-state index is 11.7. The van der Waals surface area contributed by atoms with Gasteiger partial charge in [-0.15, -0.1) is 5.10 Å². The number of carbonyl (C=O) groups excluding carboxylic acids is 1. The van der Waals surface area contributed by atoms with Crippen molar-refractivity contribution in [2.75, 3.05) is 12.0 Å². The quantitative estimate of drug-likeness (QED) is 0.787. The average Bonchev–Trinajstić information content (AvgIpc) is 2.67. The number of hydrogen-bond acceptors (Lipinski definition) is 4. The van der Waals surface area contributed by atoms with Crippen molar-refractivity contribution in [1.82, 2.24) is 20.5 Å². The van der Waals surface area contributed by atoms with Crippen LogP contribution in [0.15, 0.2) is 0 Å². The van der Waals surface area contributed by atoms with Gasteiger partial charge in [0.05, 0.1) is 0 Å². The Morgan fingerprint density at radius 1 is 1.62 bits per heavy atom. The molecule has 1 aromatic rings. The first-order valence-corrected chi connectivity index (χ1v) is 6.77. The smallest absolute Gasteiger partial charge is 0.291 e. The minimum absolute atomic E-state index is 0.135. The lowest BCUT2D eigenvalue weighted by molar-refractivity contribution is 0.0933. The van der Waals surface area contributed by atoms with Crippen LogP contribution in [0.3, 0.4) is 0 Å². The van der Waals surface area contributed by atoms with Crippen LogP contribution < -0.4 is 5.32 Å². The Morgan fingerprint density at radius 2 is 2.38 bits per heavy atom. The number of thioether (sulfide) groups is 1. The van der Waals surface area contributed by atoms with E-state index in [0.717, 1.165) is 24.4 Å². The van der Waals surface area contributed by atoms with Gasteiger partial charge < -0.3 is 5.32 Å². The SMILES string of the molecule is CCCc1nc(C(=O)NC(C)CSC)n[nH]1. The van der Waals surface area contributed by atoms with Crippen molar-refractivity contribution in [3.05, 3.63) is 11.6 Å². The molecule has 0 aliphatic heterocycles. The monoisotopic (exact) mass is 242 g/mol. The molecular weight excluding hydrogens is 224 g/mol. The third-order valence-corrected chi connectivity index (χ3v) is 2.85. The molecular formula is C10H18N4OS. The predicted molar refractivity (Wildman–Crippen MR) is 65.7 cm³/mol. The lowest BCUT2D eigenvalue weighted by Gasteiger charge is -2.09. The molecule has 6 heteroatoms. The first-order chi connectivity index (χ1) is 7.67. The summed E-state index contributed by atoms with van der Waals surface area (Å²) >= 11 is 1.70. The lowest BCUT2D eigenvalue weighted by atomic mass is 10.3. The average molecular weight is 242 g/mol. The van der Waals surface area contributed by atoms with Crippen LogP contribution in [-0.4, -0.2) is 39.1 Å². The molecule has 1 amide bonds. The highest BCUT2D eigenvalue weighted by Gasteiger charge is 2.14. The molecule has 0 bridgehead atoms. The van der Waals surface area contributed by atoms with Gasteiger partial charge in [0.2, 0.25) is 5.82 Å². The molecule has 1 rings (SSSR count). The second-order valence-corrected chi connectivity index (χ2v) is 4.60. The first-order valence-electron chi connectivity index (χ1n) is 5.38. The Morgan fingerprint density at radius 3 is 3.00 bits per heavy atom. The van der Waals surface area contributed by atoms with Crippen molar-refractivity contribution in [2.24, 2.45) is 0 Å². The molecule has 0 spiro atoms. The summed E-state index contributed by atoms with van der Waals surface area (Å²) in [7, 11) is 0. The van der Waals surface area contributed by atoms with E-state index in [4.69, 9.17) is 0 Å². The summed E-state index contributed by atoms with van der Waals surface area (Å²) in [5.41, 5.74) is 0. The highest BCUT2D eigenvalue weighted by molar-refractivity contribution is 7.98. The maximum Gasteiger partial charge on any atom is 0.291 e. The van der Waals surface area contributed by atoms with Crippen LogP contribution in [0.5, 0.6) is 0 Å². The van der Waals surface area contributed by atoms with E-state index in [0.29, 0.717) is 0 Å². The first kappa shape index (κ1) is 13.0. The second-order valence-electron chi connectivity index (χ2n) is 3.69. The van der Waals surface area contributed by atoms with Gasteiger partial charge in [-0.05, 0) is 19.6 Å². The Bertz CT molecular complexity index is 339. The zero-order valence-corrected chi connectivity index (χ0v) is 10.7. The summed E-state index contributed by atoms with van der Waals surface area (Å²) < 4.78 is 0. The van der Waals surface area contributed by atoms with Crippen LogP contribution in [0.1, 0.15) is 36.7 Å². The van der Waals surface area contributed by atoms with E-state index in [1.54, 1.807) is 11.8 Å². The molecule has 16 heavy (non-hydrogen) atoms. The van der Waals surface area contributed by atoms with Gasteiger partial charge in [-0.2, -0.15) is 11.8 Å². The number of rotatable bonds is 6. The van der Waals surface area contributed by atoms with Crippen LogP contribution in [0.2, 0.25) is 0 Å². The van der Waals surface area contributed by atoms with E-state index < -0.39 is 0 Å². The fraction of sp³-hybridized carbons (Fsp3) is 0.700. The number of aromatic amines is 1. The van der Waals surface area contributed by atoms with Crippen molar-refractivity contribution in [1.29, 1.82) is 0 Å². The third kappa shape index (κ3) is 3.84. The number of aromatic nitrogens is 3. The Labute approximate surface area is 99.8 Å². The van der Waals surface area contributed by atoms with Crippen LogP contribution in [0.4, 0.5) is 0 Å². The molecule has 1 heterocycles. The number of carbonyl (C=O) groups is 1. The van der Waals surface area contributed by atoms with Gasteiger partial charge in [0.25, 0.3) is 5.91 Å². The van der Waals surface area contributed by atoms with Crippen LogP contribution in [0.25, 0.3) is 0 Å². The van der Waals surface area contributed by atoms with Gasteiger partial charge in [0.15, 0.2) is 0 Å². The minimum atomic E-state index is -0.208. The fourth-order valence-corrected chi connectivity index (χ4v) is 1.91. The third-order valence-electron chi connectivity index (χ3n) is 2.02. The Balaban J connectivity index is 2.52. The number of hydrogen-bond donors (Lipinski definition) is 2. The molecule has 5 nitrogen and oxygen atoms in total. The van der Waals surface area contributed by atoms with E-state index >= 15 is 0 Å². The molecule has 0 aliphatic carbocycles. The second kappa shape index (κ2) is 6.52. The maximum atomic E-state index is 11.7. The number of amides is 1. The fourth-order valence-electron chi connectivity index (χ4n) is 1.33. The van der Waals surface area contributed by atoms with Gasteiger partial charge >= 0.3 is 0 Å². The zero-order chi connectivity index (χ0) is 12.0. The van der Waals surface area contributed by atoms with Crippen molar-refractivity contribution >= 4 is 17.7 Å². The summed E-state index contributed by atoms with van der Waals surface area (Å²) in [5, 5.41) is 9.51. The van der Waals surface area contributed by atoms with Gasteiger partial charge in [0, 0.05) is 18.2 Å². The molecule has 1 atom stereocenters. The normalized spacial score (nSPS) is 12.4. The molecule has 0 aromatic carbocycles. The predicted octanol–water partition coefficient (Wildman–Crippen LogP) is 1.24. The van der Waals surface area contributed by atoms with Crippen LogP contribution >= 0.6 is 11.8 Å². The molecule has 0 saturated carbocycles. The van der Waals surface area contributed by atoms with Gasteiger partial charge in [0.1, 0.15) is 5.82 Å². The summed E-state index contributed by atoms with van der Waals surface area (Å²) in [4.78, 5) is 15.8. The molecule has 0 aliphatic rings. The van der Waals surface area contributed by atoms with Crippen molar-refractivity contribution < 1.29 is 4.79 Å². The van der Waals surface area contributed by atoms with Crippen LogP contribution in [0, 0.1) is 0 Å². The van der Waals surface area contributed by atoms with Crippen molar-refractivity contribution in [2.45, 2.75) is 32.7 Å². The van der Waals surface area contributed by atoms with Crippen molar-refractivity contribution in [3.8, 4) is 0 Å². The summed E-state index contributed by atoms with van der Waals surface area (Å²) in [6.07, 6.45) is 3.81. The van der Waals surface area contributed by atoms with Gasteiger partial charge in [-0.25, -0.2) is 4.98 Å². The van der Waals surface area contributed by atoms with Crippen molar-refractivity contribution in [3.63, 3.8) is 0 Å². The number of aryl methyl sites for hydroxylation is 1. The highest BCUT2D eigenvalue weighted by Crippen LogP contribution is 1.99. The standard InChI is InChI=1S/C10H18N4OS/c1-4-5-8-12-9(14-13-8)10(15)11-7(2)6-16-3/h7H,4-6H2,1-3H3,(H,11,15)(H,12,13,14). The van der Waals surface area contributed by atoms with Crippen LogP contribution in [-0.2, 0) is 6.42 Å². The summed E-state index contributed by atoms with van der Waals surface area (Å²) in [5.74, 6) is 1.68. The number of nitrogens with one attached hydrogen (secondary N) is 2. The molecule has 0 fully saturated rings. The summed E-state index contributed by atoms with van der Waals surface area (Å²) in [6.45, 7) is 4.02. The van der Waals surface area contributed by atoms with E-state index in [-0.39, 0.29) is 17.8 Å². The van der Waals surface area contributed by atoms with E-state index in [9.17, 15) is 4.79 Å². The van der Waals surface area contributed by atoms with Gasteiger partial charge in [-0.3, -0.25) is 9.89 Å².